The van der Waals surface area contributed by atoms with Crippen LogP contribution >= 0.6 is 24.0 Å². The zero-order valence-corrected chi connectivity index (χ0v) is 17.5. The van der Waals surface area contributed by atoms with Gasteiger partial charge >= 0.3 is 0 Å². The number of aromatic amines is 1. The van der Waals surface area contributed by atoms with E-state index < -0.39 is 0 Å². The minimum Gasteiger partial charge on any atom is -0.385 e. The highest BCUT2D eigenvalue weighted by atomic mass is 127. The van der Waals surface area contributed by atoms with E-state index in [0.29, 0.717) is 6.54 Å². The van der Waals surface area contributed by atoms with Gasteiger partial charge in [0.05, 0.1) is 18.4 Å². The lowest BCUT2D eigenvalue weighted by atomic mass is 10.2. The fourth-order valence-electron chi connectivity index (χ4n) is 2.37. The molecule has 2 rings (SSSR count). The van der Waals surface area contributed by atoms with Crippen molar-refractivity contribution in [3.8, 4) is 11.3 Å². The molecule has 0 atom stereocenters. The number of hydrogen-bond donors (Lipinski definition) is 2. The van der Waals surface area contributed by atoms with E-state index >= 15 is 0 Å². The van der Waals surface area contributed by atoms with Crippen LogP contribution in [-0.4, -0.2) is 54.7 Å². The molecule has 2 N–H and O–H groups in total. The summed E-state index contributed by atoms with van der Waals surface area (Å²) in [6, 6.07) is 10.2. The molecular formula is C18H28IN5O. The Kier molecular flexibility index (Phi) is 10.2. The molecule has 138 valence electrons. The standard InChI is InChI=1S/C18H27N5O.HI/c1-4-19-18(20-11-8-12-24-3)23(2)14-17-21-13-16(22-17)15-9-6-5-7-10-15;/h5-7,9-10,13H,4,8,11-12,14H2,1-3H3,(H,19,20)(H,21,22);1H. The number of benzene rings is 1. The second kappa shape index (κ2) is 11.9. The SMILES string of the molecule is CCNC(=NCCCOC)N(C)Cc1ncc(-c2ccccc2)[nH]1.I. The van der Waals surface area contributed by atoms with Crippen LogP contribution in [0.5, 0.6) is 0 Å². The number of hydrogen-bond acceptors (Lipinski definition) is 3. The number of aromatic nitrogens is 2. The first-order valence-electron chi connectivity index (χ1n) is 8.32. The summed E-state index contributed by atoms with van der Waals surface area (Å²) in [6.45, 7) is 5.04. The first kappa shape index (κ1) is 21.4. The Balaban J connectivity index is 0.00000312. The Morgan fingerprint density at radius 1 is 1.32 bits per heavy atom. The minimum absolute atomic E-state index is 0. The van der Waals surface area contributed by atoms with Crippen LogP contribution < -0.4 is 5.32 Å². The Labute approximate surface area is 167 Å². The number of halogens is 1. The van der Waals surface area contributed by atoms with Crippen LogP contribution in [0, 0.1) is 0 Å². The molecular weight excluding hydrogens is 429 g/mol. The zero-order valence-electron chi connectivity index (χ0n) is 15.2. The number of H-pyrrole nitrogens is 1. The van der Waals surface area contributed by atoms with E-state index in [9.17, 15) is 0 Å². The largest absolute Gasteiger partial charge is 0.385 e. The Hall–Kier alpha value is -1.61. The third-order valence-electron chi connectivity index (χ3n) is 3.56. The first-order valence-corrected chi connectivity index (χ1v) is 8.32. The van der Waals surface area contributed by atoms with Gasteiger partial charge in [-0.05, 0) is 18.9 Å². The van der Waals surface area contributed by atoms with E-state index in [-0.39, 0.29) is 24.0 Å². The Morgan fingerprint density at radius 3 is 2.76 bits per heavy atom. The summed E-state index contributed by atoms with van der Waals surface area (Å²) in [5, 5.41) is 3.31. The molecule has 7 heteroatoms. The number of guanidine groups is 1. The third kappa shape index (κ3) is 7.03. The van der Waals surface area contributed by atoms with Gasteiger partial charge in [0, 0.05) is 33.9 Å². The number of methoxy groups -OCH3 is 1. The van der Waals surface area contributed by atoms with Crippen molar-refractivity contribution < 1.29 is 4.74 Å². The van der Waals surface area contributed by atoms with Crippen LogP contribution in [0.3, 0.4) is 0 Å². The van der Waals surface area contributed by atoms with Gasteiger partial charge in [0.2, 0.25) is 0 Å². The number of nitrogens with zero attached hydrogens (tertiary/aromatic N) is 3. The predicted octanol–water partition coefficient (Wildman–Crippen LogP) is 3.13. The summed E-state index contributed by atoms with van der Waals surface area (Å²) in [4.78, 5) is 14.6. The molecule has 1 aromatic carbocycles. The van der Waals surface area contributed by atoms with Crippen molar-refractivity contribution >= 4 is 29.9 Å². The maximum atomic E-state index is 5.07. The zero-order chi connectivity index (χ0) is 17.2. The molecule has 0 aliphatic carbocycles. The molecule has 25 heavy (non-hydrogen) atoms. The normalized spacial score (nSPS) is 11.1. The van der Waals surface area contributed by atoms with Gasteiger partial charge in [0.25, 0.3) is 0 Å². The van der Waals surface area contributed by atoms with E-state index in [4.69, 9.17) is 4.74 Å². The number of rotatable bonds is 8. The van der Waals surface area contributed by atoms with E-state index in [1.165, 1.54) is 0 Å². The molecule has 0 aliphatic heterocycles. The van der Waals surface area contributed by atoms with Gasteiger partial charge in [-0.15, -0.1) is 24.0 Å². The molecule has 0 aliphatic rings. The molecule has 0 radical (unpaired) electrons. The fourth-order valence-corrected chi connectivity index (χ4v) is 2.37. The molecule has 0 fully saturated rings. The van der Waals surface area contributed by atoms with Gasteiger partial charge in [-0.1, -0.05) is 30.3 Å². The van der Waals surface area contributed by atoms with Crippen molar-refractivity contribution in [2.45, 2.75) is 19.9 Å². The second-order valence-electron chi connectivity index (χ2n) is 5.55. The molecule has 0 bridgehead atoms. The Morgan fingerprint density at radius 2 is 2.08 bits per heavy atom. The third-order valence-corrected chi connectivity index (χ3v) is 3.56. The average molecular weight is 457 g/mol. The van der Waals surface area contributed by atoms with Gasteiger partial charge in [-0.25, -0.2) is 4.98 Å². The van der Waals surface area contributed by atoms with Crippen LogP contribution in [-0.2, 0) is 11.3 Å². The van der Waals surface area contributed by atoms with Crippen molar-refractivity contribution in [1.29, 1.82) is 0 Å². The maximum absolute atomic E-state index is 5.07. The van der Waals surface area contributed by atoms with E-state index in [1.807, 2.05) is 31.4 Å². The lowest BCUT2D eigenvalue weighted by Gasteiger charge is -2.21. The van der Waals surface area contributed by atoms with E-state index in [2.05, 4.69) is 44.2 Å². The summed E-state index contributed by atoms with van der Waals surface area (Å²) in [5.74, 6) is 1.80. The first-order chi connectivity index (χ1) is 11.7. The highest BCUT2D eigenvalue weighted by molar-refractivity contribution is 14.0. The van der Waals surface area contributed by atoms with Crippen molar-refractivity contribution in [2.24, 2.45) is 4.99 Å². The molecule has 6 nitrogen and oxygen atoms in total. The summed E-state index contributed by atoms with van der Waals surface area (Å²) in [6.07, 6.45) is 2.79. The quantitative estimate of drug-likeness (QED) is 0.277. The van der Waals surface area contributed by atoms with Crippen LogP contribution in [0.2, 0.25) is 0 Å². The summed E-state index contributed by atoms with van der Waals surface area (Å²) < 4.78 is 5.07. The van der Waals surface area contributed by atoms with Crippen LogP contribution in [0.15, 0.2) is 41.5 Å². The molecule has 0 amide bonds. The minimum atomic E-state index is 0. The molecule has 0 saturated carbocycles. The molecule has 2 aromatic rings. The maximum Gasteiger partial charge on any atom is 0.194 e. The number of imidazole rings is 1. The molecule has 0 saturated heterocycles. The van der Waals surface area contributed by atoms with E-state index in [1.54, 1.807) is 7.11 Å². The van der Waals surface area contributed by atoms with Crippen molar-refractivity contribution in [1.82, 2.24) is 20.2 Å². The lowest BCUT2D eigenvalue weighted by Crippen LogP contribution is -2.38. The van der Waals surface area contributed by atoms with Gasteiger partial charge in [-0.2, -0.15) is 0 Å². The van der Waals surface area contributed by atoms with Crippen molar-refractivity contribution in [3.05, 3.63) is 42.4 Å². The second-order valence-corrected chi connectivity index (χ2v) is 5.55. The topological polar surface area (TPSA) is 65.5 Å². The predicted molar refractivity (Wildman–Crippen MR) is 113 cm³/mol. The molecule has 1 aromatic heterocycles. The average Bonchev–Trinajstić information content (AvgIpc) is 3.07. The highest BCUT2D eigenvalue weighted by Gasteiger charge is 2.09. The highest BCUT2D eigenvalue weighted by Crippen LogP contribution is 2.16. The number of ether oxygens (including phenoxy) is 1. The lowest BCUT2D eigenvalue weighted by molar-refractivity contribution is 0.197. The van der Waals surface area contributed by atoms with Crippen LogP contribution in [0.4, 0.5) is 0 Å². The van der Waals surface area contributed by atoms with Gasteiger partial charge < -0.3 is 19.9 Å². The fraction of sp³-hybridized carbons (Fsp3) is 0.444. The van der Waals surface area contributed by atoms with Gasteiger partial charge in [-0.3, -0.25) is 4.99 Å². The molecule has 0 unspecified atom stereocenters. The smallest absolute Gasteiger partial charge is 0.194 e. The summed E-state index contributed by atoms with van der Waals surface area (Å²) in [7, 11) is 3.73. The van der Waals surface area contributed by atoms with Crippen molar-refractivity contribution in [2.75, 3.05) is 33.9 Å². The molecule has 1 heterocycles. The summed E-state index contributed by atoms with van der Waals surface area (Å²) >= 11 is 0. The van der Waals surface area contributed by atoms with Gasteiger partial charge in [0.1, 0.15) is 5.82 Å². The van der Waals surface area contributed by atoms with Crippen molar-refractivity contribution in [3.63, 3.8) is 0 Å². The molecule has 0 spiro atoms. The number of nitrogens with one attached hydrogen (secondary N) is 2. The summed E-state index contributed by atoms with van der Waals surface area (Å²) in [5.41, 5.74) is 2.17. The van der Waals surface area contributed by atoms with Crippen LogP contribution in [0.1, 0.15) is 19.2 Å². The Bertz CT molecular complexity index is 629. The van der Waals surface area contributed by atoms with Crippen LogP contribution in [0.25, 0.3) is 11.3 Å². The monoisotopic (exact) mass is 457 g/mol. The van der Waals surface area contributed by atoms with Gasteiger partial charge in [0.15, 0.2) is 5.96 Å². The number of aliphatic imine (C=N–C) groups is 1. The van der Waals surface area contributed by atoms with E-state index in [0.717, 1.165) is 49.2 Å².